The van der Waals surface area contributed by atoms with Gasteiger partial charge in [0, 0.05) is 12.5 Å². The second-order valence-corrected chi connectivity index (χ2v) is 6.43. The smallest absolute Gasteiger partial charge is 0.00328 e. The summed E-state index contributed by atoms with van der Waals surface area (Å²) in [7, 11) is 0. The lowest BCUT2D eigenvalue weighted by molar-refractivity contribution is 0.402. The van der Waals surface area contributed by atoms with Gasteiger partial charge >= 0.3 is 0 Å². The molecule has 2 atom stereocenters. The van der Waals surface area contributed by atoms with E-state index in [1.165, 1.54) is 28.7 Å². The molecule has 1 heteroatoms. The lowest BCUT2D eigenvalue weighted by Crippen LogP contribution is -2.34. The molecule has 1 aliphatic rings. The molecular weight excluding hydrogens is 254 g/mol. The largest absolute Gasteiger partial charge is 0.316 e. The summed E-state index contributed by atoms with van der Waals surface area (Å²) in [6.45, 7) is 8.96. The molecule has 0 saturated carbocycles. The average molecular weight is 279 g/mol. The summed E-state index contributed by atoms with van der Waals surface area (Å²) in [4.78, 5) is 0. The van der Waals surface area contributed by atoms with Crippen molar-refractivity contribution in [3.8, 4) is 0 Å². The van der Waals surface area contributed by atoms with Crippen molar-refractivity contribution < 1.29 is 0 Å². The first-order chi connectivity index (χ1) is 10.2. The number of aryl methyl sites for hydroxylation is 3. The van der Waals surface area contributed by atoms with Gasteiger partial charge in [-0.1, -0.05) is 48.0 Å². The molecular formula is C20H25N. The van der Waals surface area contributed by atoms with Gasteiger partial charge in [-0.05, 0) is 61.9 Å². The maximum atomic E-state index is 3.58. The molecule has 2 aromatic rings. The van der Waals surface area contributed by atoms with Gasteiger partial charge in [0.05, 0.1) is 0 Å². The van der Waals surface area contributed by atoms with Crippen LogP contribution >= 0.6 is 0 Å². The highest BCUT2D eigenvalue weighted by molar-refractivity contribution is 5.42. The molecule has 21 heavy (non-hydrogen) atoms. The van der Waals surface area contributed by atoms with Crippen molar-refractivity contribution in [1.82, 2.24) is 5.32 Å². The number of piperidine rings is 1. The van der Waals surface area contributed by atoms with Crippen molar-refractivity contribution in [3.63, 3.8) is 0 Å². The Morgan fingerprint density at radius 1 is 0.905 bits per heavy atom. The summed E-state index contributed by atoms with van der Waals surface area (Å²) in [5, 5.41) is 3.58. The van der Waals surface area contributed by atoms with E-state index in [1.54, 1.807) is 5.56 Å². The third kappa shape index (κ3) is 2.89. The SMILES string of the molecule is Cc1cc(C)c(C2CCNCC2c2ccccc2)c(C)c1. The standard InChI is InChI=1S/C20H25N/c1-14-11-15(2)20(16(3)12-14)18-9-10-21-13-19(18)17-7-5-4-6-8-17/h4-8,11-12,18-19,21H,9-10,13H2,1-3H3. The minimum absolute atomic E-state index is 0.583. The molecule has 3 rings (SSSR count). The molecule has 1 aliphatic heterocycles. The van der Waals surface area contributed by atoms with Crippen molar-refractivity contribution >= 4 is 0 Å². The minimum atomic E-state index is 0.583. The molecule has 2 unspecified atom stereocenters. The van der Waals surface area contributed by atoms with Crippen LogP contribution in [0.1, 0.15) is 46.1 Å². The van der Waals surface area contributed by atoms with Crippen molar-refractivity contribution in [1.29, 1.82) is 0 Å². The molecule has 0 aromatic heterocycles. The Balaban J connectivity index is 2.03. The van der Waals surface area contributed by atoms with Gasteiger partial charge in [-0.2, -0.15) is 0 Å². The van der Waals surface area contributed by atoms with Crippen LogP contribution in [0.5, 0.6) is 0 Å². The van der Waals surface area contributed by atoms with Gasteiger partial charge < -0.3 is 5.32 Å². The Hall–Kier alpha value is -1.60. The zero-order chi connectivity index (χ0) is 14.8. The third-order valence-corrected chi connectivity index (χ3v) is 4.82. The lowest BCUT2D eigenvalue weighted by atomic mass is 9.74. The van der Waals surface area contributed by atoms with E-state index in [0.717, 1.165) is 13.1 Å². The number of nitrogens with one attached hydrogen (secondary N) is 1. The molecule has 0 bridgehead atoms. The molecule has 2 aromatic carbocycles. The Labute approximate surface area is 128 Å². The van der Waals surface area contributed by atoms with Crippen molar-refractivity contribution in [3.05, 3.63) is 70.3 Å². The zero-order valence-corrected chi connectivity index (χ0v) is 13.3. The highest BCUT2D eigenvalue weighted by atomic mass is 14.9. The van der Waals surface area contributed by atoms with Crippen LogP contribution in [-0.2, 0) is 0 Å². The predicted molar refractivity (Wildman–Crippen MR) is 90.1 cm³/mol. The molecule has 0 aliphatic carbocycles. The van der Waals surface area contributed by atoms with Crippen molar-refractivity contribution in [2.24, 2.45) is 0 Å². The van der Waals surface area contributed by atoms with Crippen LogP contribution in [0.2, 0.25) is 0 Å². The quantitative estimate of drug-likeness (QED) is 0.855. The number of hydrogen-bond acceptors (Lipinski definition) is 1. The molecule has 1 fully saturated rings. The maximum Gasteiger partial charge on any atom is 0.00328 e. The average Bonchev–Trinajstić information content (AvgIpc) is 2.48. The van der Waals surface area contributed by atoms with E-state index in [0.29, 0.717) is 11.8 Å². The fraction of sp³-hybridized carbons (Fsp3) is 0.400. The molecule has 1 nitrogen and oxygen atoms in total. The number of rotatable bonds is 2. The fourth-order valence-corrected chi connectivity index (χ4v) is 4.03. The van der Waals surface area contributed by atoms with Crippen LogP contribution in [-0.4, -0.2) is 13.1 Å². The normalized spacial score (nSPS) is 22.2. The van der Waals surface area contributed by atoms with Crippen LogP contribution < -0.4 is 5.32 Å². The summed E-state index contributed by atoms with van der Waals surface area (Å²) in [6.07, 6.45) is 1.23. The Bertz CT molecular complexity index is 592. The van der Waals surface area contributed by atoms with Crippen LogP contribution in [0.4, 0.5) is 0 Å². The fourth-order valence-electron chi connectivity index (χ4n) is 4.03. The minimum Gasteiger partial charge on any atom is -0.316 e. The van der Waals surface area contributed by atoms with Gasteiger partial charge in [0.25, 0.3) is 0 Å². The van der Waals surface area contributed by atoms with E-state index in [1.807, 2.05) is 0 Å². The highest BCUT2D eigenvalue weighted by Crippen LogP contribution is 2.40. The van der Waals surface area contributed by atoms with Crippen LogP contribution in [0.25, 0.3) is 0 Å². The van der Waals surface area contributed by atoms with E-state index in [9.17, 15) is 0 Å². The van der Waals surface area contributed by atoms with Crippen LogP contribution in [0.3, 0.4) is 0 Å². The summed E-state index contributed by atoms with van der Waals surface area (Å²) in [5.74, 6) is 1.22. The first-order valence-electron chi connectivity index (χ1n) is 8.00. The maximum absolute atomic E-state index is 3.58. The van der Waals surface area contributed by atoms with Gasteiger partial charge in [0.15, 0.2) is 0 Å². The first-order valence-corrected chi connectivity index (χ1v) is 8.00. The van der Waals surface area contributed by atoms with Gasteiger partial charge in [0.1, 0.15) is 0 Å². The topological polar surface area (TPSA) is 12.0 Å². The monoisotopic (exact) mass is 279 g/mol. The van der Waals surface area contributed by atoms with E-state index in [4.69, 9.17) is 0 Å². The second-order valence-electron chi connectivity index (χ2n) is 6.43. The van der Waals surface area contributed by atoms with E-state index >= 15 is 0 Å². The zero-order valence-electron chi connectivity index (χ0n) is 13.3. The van der Waals surface area contributed by atoms with Gasteiger partial charge in [-0.25, -0.2) is 0 Å². The third-order valence-electron chi connectivity index (χ3n) is 4.82. The predicted octanol–water partition coefficient (Wildman–Crippen LogP) is 4.47. The van der Waals surface area contributed by atoms with E-state index < -0.39 is 0 Å². The summed E-state index contributed by atoms with van der Waals surface area (Å²) in [5.41, 5.74) is 7.34. The molecule has 1 saturated heterocycles. The Kier molecular flexibility index (Phi) is 4.12. The van der Waals surface area contributed by atoms with Gasteiger partial charge in [-0.3, -0.25) is 0 Å². The summed E-state index contributed by atoms with van der Waals surface area (Å²) in [6, 6.07) is 15.7. The molecule has 0 radical (unpaired) electrons. The Morgan fingerprint density at radius 2 is 1.57 bits per heavy atom. The van der Waals surface area contributed by atoms with E-state index in [-0.39, 0.29) is 0 Å². The molecule has 110 valence electrons. The number of benzene rings is 2. The molecule has 1 N–H and O–H groups in total. The molecule has 0 spiro atoms. The second kappa shape index (κ2) is 6.03. The summed E-state index contributed by atoms with van der Waals surface area (Å²) >= 11 is 0. The molecule has 1 heterocycles. The number of hydrogen-bond donors (Lipinski definition) is 1. The van der Waals surface area contributed by atoms with Crippen LogP contribution in [0, 0.1) is 20.8 Å². The molecule has 0 amide bonds. The van der Waals surface area contributed by atoms with Gasteiger partial charge in [0.2, 0.25) is 0 Å². The first kappa shape index (κ1) is 14.3. The van der Waals surface area contributed by atoms with Gasteiger partial charge in [-0.15, -0.1) is 0 Å². The lowest BCUT2D eigenvalue weighted by Gasteiger charge is -2.35. The van der Waals surface area contributed by atoms with Crippen molar-refractivity contribution in [2.75, 3.05) is 13.1 Å². The van der Waals surface area contributed by atoms with Crippen LogP contribution in [0.15, 0.2) is 42.5 Å². The van der Waals surface area contributed by atoms with E-state index in [2.05, 4.69) is 68.6 Å². The summed E-state index contributed by atoms with van der Waals surface area (Å²) < 4.78 is 0. The Morgan fingerprint density at radius 3 is 2.24 bits per heavy atom. The van der Waals surface area contributed by atoms with Crippen molar-refractivity contribution in [2.45, 2.75) is 39.0 Å². The highest BCUT2D eigenvalue weighted by Gasteiger charge is 2.29.